The van der Waals surface area contributed by atoms with E-state index in [4.69, 9.17) is 18.0 Å². The quantitative estimate of drug-likeness (QED) is 0.835. The lowest BCUT2D eigenvalue weighted by molar-refractivity contribution is 0.472. The van der Waals surface area contributed by atoms with Gasteiger partial charge in [0.1, 0.15) is 10.8 Å². The third-order valence-electron chi connectivity index (χ3n) is 3.94. The maximum Gasteiger partial charge on any atom is 0.136 e. The Hall–Kier alpha value is -0.810. The van der Waals surface area contributed by atoms with Crippen LogP contribution in [0.4, 0.5) is 5.82 Å². The van der Waals surface area contributed by atoms with Crippen molar-refractivity contribution < 1.29 is 0 Å². The number of rotatable bonds is 4. The molecule has 0 saturated heterocycles. The van der Waals surface area contributed by atoms with Gasteiger partial charge in [-0.25, -0.2) is 4.98 Å². The molecule has 1 aliphatic rings. The zero-order chi connectivity index (χ0) is 14.7. The Kier molecular flexibility index (Phi) is 5.27. The van der Waals surface area contributed by atoms with E-state index in [1.54, 1.807) is 0 Å². The average Bonchev–Trinajstić information content (AvgIpc) is 2.38. The average molecular weight is 310 g/mol. The van der Waals surface area contributed by atoms with Crippen molar-refractivity contribution in [1.82, 2.24) is 4.98 Å². The van der Waals surface area contributed by atoms with Crippen molar-refractivity contribution in [3.05, 3.63) is 22.9 Å². The predicted octanol–water partition coefficient (Wildman–Crippen LogP) is 3.42. The van der Waals surface area contributed by atoms with Gasteiger partial charge in [0.15, 0.2) is 0 Å². The fraction of sp³-hybridized carbons (Fsp3) is 0.600. The van der Waals surface area contributed by atoms with Crippen LogP contribution < -0.4 is 11.1 Å². The van der Waals surface area contributed by atoms with E-state index in [1.165, 1.54) is 25.7 Å². The fourth-order valence-corrected chi connectivity index (χ4v) is 3.89. The van der Waals surface area contributed by atoms with Gasteiger partial charge in [-0.2, -0.15) is 11.8 Å². The molecule has 0 atom stereocenters. The summed E-state index contributed by atoms with van der Waals surface area (Å²) in [6, 6.07) is 2.52. The molecular formula is C15H23N3S2. The summed E-state index contributed by atoms with van der Waals surface area (Å²) in [5.41, 5.74) is 8.87. The standard InChI is InChI=1S/C15H23N3S2/c1-9-8-10(2)17-15(13(9)14(16)19)18-11-4-6-12(20-3)7-5-11/h8,11-12H,4-7H2,1-3H3,(H2,16,19)(H,17,18). The minimum atomic E-state index is 0.426. The summed E-state index contributed by atoms with van der Waals surface area (Å²) in [5, 5.41) is 4.38. The second-order valence-electron chi connectivity index (χ2n) is 5.52. The van der Waals surface area contributed by atoms with E-state index in [2.05, 4.69) is 16.6 Å². The second-order valence-corrected chi connectivity index (χ2v) is 7.10. The molecule has 20 heavy (non-hydrogen) atoms. The third-order valence-corrected chi connectivity index (χ3v) is 5.28. The van der Waals surface area contributed by atoms with Gasteiger partial charge >= 0.3 is 0 Å². The second kappa shape index (κ2) is 6.76. The Morgan fingerprint density at radius 3 is 2.55 bits per heavy atom. The molecule has 0 bridgehead atoms. The first-order valence-electron chi connectivity index (χ1n) is 7.08. The summed E-state index contributed by atoms with van der Waals surface area (Å²) in [6.45, 7) is 4.05. The van der Waals surface area contributed by atoms with E-state index in [0.717, 1.165) is 27.9 Å². The van der Waals surface area contributed by atoms with E-state index in [0.29, 0.717) is 11.0 Å². The molecule has 1 heterocycles. The highest BCUT2D eigenvalue weighted by atomic mass is 32.2. The van der Waals surface area contributed by atoms with Crippen LogP contribution in [0.2, 0.25) is 0 Å². The van der Waals surface area contributed by atoms with Gasteiger partial charge in [-0.1, -0.05) is 12.2 Å². The highest BCUT2D eigenvalue weighted by Gasteiger charge is 2.22. The molecular weight excluding hydrogens is 286 g/mol. The van der Waals surface area contributed by atoms with Gasteiger partial charge in [-0.15, -0.1) is 0 Å². The van der Waals surface area contributed by atoms with E-state index in [9.17, 15) is 0 Å². The summed E-state index contributed by atoms with van der Waals surface area (Å²) in [6.07, 6.45) is 7.13. The van der Waals surface area contributed by atoms with Gasteiger partial charge in [0, 0.05) is 17.0 Å². The number of anilines is 1. The number of nitrogens with one attached hydrogen (secondary N) is 1. The van der Waals surface area contributed by atoms with Crippen LogP contribution in [0.15, 0.2) is 6.07 Å². The number of aryl methyl sites for hydroxylation is 2. The normalized spacial score (nSPS) is 22.6. The SMILES string of the molecule is CSC1CCC(Nc2nc(C)cc(C)c2C(N)=S)CC1. The number of thioether (sulfide) groups is 1. The van der Waals surface area contributed by atoms with Crippen molar-refractivity contribution in [2.24, 2.45) is 5.73 Å². The number of hydrogen-bond donors (Lipinski definition) is 2. The number of nitrogens with two attached hydrogens (primary N) is 1. The maximum atomic E-state index is 5.86. The van der Waals surface area contributed by atoms with Crippen LogP contribution >= 0.6 is 24.0 Å². The number of aromatic nitrogens is 1. The minimum absolute atomic E-state index is 0.426. The molecule has 1 fully saturated rings. The molecule has 1 aromatic rings. The van der Waals surface area contributed by atoms with Gasteiger partial charge in [0.05, 0.1) is 5.56 Å². The lowest BCUT2D eigenvalue weighted by atomic mass is 9.94. The number of thiocarbonyl (C=S) groups is 1. The Labute approximate surface area is 131 Å². The van der Waals surface area contributed by atoms with Gasteiger partial charge in [-0.3, -0.25) is 0 Å². The van der Waals surface area contributed by atoms with Crippen LogP contribution in [0, 0.1) is 13.8 Å². The van der Waals surface area contributed by atoms with Gasteiger partial charge in [-0.05, 0) is 57.4 Å². The molecule has 3 N–H and O–H groups in total. The number of nitrogens with zero attached hydrogens (tertiary/aromatic N) is 1. The molecule has 5 heteroatoms. The van der Waals surface area contributed by atoms with Crippen molar-refractivity contribution in [1.29, 1.82) is 0 Å². The zero-order valence-corrected chi connectivity index (χ0v) is 14.0. The fourth-order valence-electron chi connectivity index (χ4n) is 2.89. The van der Waals surface area contributed by atoms with Crippen molar-refractivity contribution >= 4 is 34.8 Å². The van der Waals surface area contributed by atoms with Crippen molar-refractivity contribution in [3.63, 3.8) is 0 Å². The van der Waals surface area contributed by atoms with Gasteiger partial charge in [0.25, 0.3) is 0 Å². The topological polar surface area (TPSA) is 50.9 Å². The van der Waals surface area contributed by atoms with E-state index in [-0.39, 0.29) is 0 Å². The lowest BCUT2D eigenvalue weighted by Crippen LogP contribution is -2.29. The molecule has 1 saturated carbocycles. The summed E-state index contributed by atoms with van der Waals surface area (Å²) in [4.78, 5) is 5.03. The van der Waals surface area contributed by atoms with Crippen LogP contribution in [-0.4, -0.2) is 27.5 Å². The highest BCUT2D eigenvalue weighted by molar-refractivity contribution is 7.99. The Morgan fingerprint density at radius 2 is 2.00 bits per heavy atom. The molecule has 0 spiro atoms. The van der Waals surface area contributed by atoms with E-state index in [1.807, 2.05) is 31.7 Å². The smallest absolute Gasteiger partial charge is 0.136 e. The number of pyridine rings is 1. The van der Waals surface area contributed by atoms with Gasteiger partial charge in [0.2, 0.25) is 0 Å². The molecule has 1 aliphatic carbocycles. The first kappa shape index (κ1) is 15.6. The van der Waals surface area contributed by atoms with Crippen molar-refractivity contribution in [2.45, 2.75) is 50.8 Å². The van der Waals surface area contributed by atoms with Crippen LogP contribution in [0.5, 0.6) is 0 Å². The lowest BCUT2D eigenvalue weighted by Gasteiger charge is -2.29. The van der Waals surface area contributed by atoms with Crippen LogP contribution in [-0.2, 0) is 0 Å². The molecule has 3 nitrogen and oxygen atoms in total. The largest absolute Gasteiger partial charge is 0.389 e. The van der Waals surface area contributed by atoms with E-state index < -0.39 is 0 Å². The Balaban J connectivity index is 2.15. The van der Waals surface area contributed by atoms with Crippen LogP contribution in [0.1, 0.15) is 42.5 Å². The van der Waals surface area contributed by atoms with Crippen LogP contribution in [0.25, 0.3) is 0 Å². The van der Waals surface area contributed by atoms with Crippen molar-refractivity contribution in [2.75, 3.05) is 11.6 Å². The van der Waals surface area contributed by atoms with E-state index >= 15 is 0 Å². The van der Waals surface area contributed by atoms with Crippen molar-refractivity contribution in [3.8, 4) is 0 Å². The molecule has 0 radical (unpaired) electrons. The summed E-state index contributed by atoms with van der Waals surface area (Å²) in [5.74, 6) is 0.864. The molecule has 0 unspecified atom stereocenters. The minimum Gasteiger partial charge on any atom is -0.389 e. The zero-order valence-electron chi connectivity index (χ0n) is 12.4. The molecule has 1 aromatic heterocycles. The first-order chi connectivity index (χ1) is 9.51. The monoisotopic (exact) mass is 309 g/mol. The predicted molar refractivity (Wildman–Crippen MR) is 92.8 cm³/mol. The third kappa shape index (κ3) is 3.64. The van der Waals surface area contributed by atoms with Gasteiger partial charge < -0.3 is 11.1 Å². The summed E-state index contributed by atoms with van der Waals surface area (Å²) < 4.78 is 0. The maximum absolute atomic E-state index is 5.86. The summed E-state index contributed by atoms with van der Waals surface area (Å²) >= 11 is 7.16. The highest BCUT2D eigenvalue weighted by Crippen LogP contribution is 2.29. The Bertz CT molecular complexity index is 494. The molecule has 0 amide bonds. The Morgan fingerprint density at radius 1 is 1.35 bits per heavy atom. The summed E-state index contributed by atoms with van der Waals surface area (Å²) in [7, 11) is 0. The molecule has 110 valence electrons. The number of hydrogen-bond acceptors (Lipinski definition) is 4. The molecule has 0 aliphatic heterocycles. The first-order valence-corrected chi connectivity index (χ1v) is 8.78. The molecule has 0 aromatic carbocycles. The molecule has 2 rings (SSSR count). The van der Waals surface area contributed by atoms with Crippen LogP contribution in [0.3, 0.4) is 0 Å².